The quantitative estimate of drug-likeness (QED) is 0.460. The monoisotopic (exact) mass is 456 g/mol. The number of aryl methyl sites for hydroxylation is 1. The lowest BCUT2D eigenvalue weighted by Crippen LogP contribution is -2.47. The Kier molecular flexibility index (Phi) is 6.50. The minimum absolute atomic E-state index is 0.105. The van der Waals surface area contributed by atoms with Crippen LogP contribution in [-0.4, -0.2) is 28.7 Å². The number of nitrogens with one attached hydrogen (secondary N) is 1. The number of hydrogen-bond donors (Lipinski definition) is 1. The molecule has 1 aliphatic heterocycles. The van der Waals surface area contributed by atoms with E-state index in [0.29, 0.717) is 29.0 Å². The van der Waals surface area contributed by atoms with Crippen LogP contribution < -0.4 is 10.1 Å². The summed E-state index contributed by atoms with van der Waals surface area (Å²) in [7, 11) is 0. The van der Waals surface area contributed by atoms with Gasteiger partial charge in [0.25, 0.3) is 11.8 Å². The lowest BCUT2D eigenvalue weighted by molar-refractivity contribution is -0.120. The van der Waals surface area contributed by atoms with Gasteiger partial charge < -0.3 is 10.1 Å². The first-order chi connectivity index (χ1) is 16.3. The minimum Gasteiger partial charge on any atom is -0.457 e. The number of carbonyl (C=O) groups excluding carboxylic acids is 3. The Bertz CT molecular complexity index is 1210. The topological polar surface area (TPSA) is 75.7 Å². The van der Waals surface area contributed by atoms with E-state index in [1.165, 1.54) is 0 Å². The van der Waals surface area contributed by atoms with E-state index in [1.807, 2.05) is 45.9 Å². The molecule has 0 radical (unpaired) electrons. The number of benzene rings is 3. The first-order valence-corrected chi connectivity index (χ1v) is 11.4. The number of amides is 3. The van der Waals surface area contributed by atoms with E-state index in [1.54, 1.807) is 48.5 Å². The largest absolute Gasteiger partial charge is 0.457 e. The first kappa shape index (κ1) is 23.2. The second-order valence-corrected chi connectivity index (χ2v) is 8.98. The average Bonchev–Trinajstić information content (AvgIpc) is 3.06. The molecule has 174 valence electrons. The molecule has 0 saturated heterocycles. The van der Waals surface area contributed by atoms with Crippen LogP contribution in [0.1, 0.15) is 52.1 Å². The van der Waals surface area contributed by atoms with Crippen molar-refractivity contribution in [3.63, 3.8) is 0 Å². The summed E-state index contributed by atoms with van der Waals surface area (Å²) in [6.45, 7) is 7.95. The van der Waals surface area contributed by atoms with Crippen molar-refractivity contribution in [2.24, 2.45) is 5.92 Å². The zero-order valence-electron chi connectivity index (χ0n) is 19.8. The van der Waals surface area contributed by atoms with Gasteiger partial charge in [-0.1, -0.05) is 38.1 Å². The van der Waals surface area contributed by atoms with Gasteiger partial charge in [-0.05, 0) is 79.8 Å². The van der Waals surface area contributed by atoms with Crippen molar-refractivity contribution in [3.05, 3.63) is 89.0 Å². The standard InChI is InChI=1S/C28H28N2O4/c1-17(2)16-24(30-27(32)22-9-5-6-10-23(22)28(30)33)26(31)29-20-12-14-21(15-13-20)34-25-11-7-8-18(3)19(25)4/h5-15,17,24H,16H2,1-4H3,(H,29,31)/t24-/m0/s1. The van der Waals surface area contributed by atoms with Crippen LogP contribution in [-0.2, 0) is 4.79 Å². The molecule has 4 rings (SSSR count). The highest BCUT2D eigenvalue weighted by atomic mass is 16.5. The van der Waals surface area contributed by atoms with Gasteiger partial charge in [0, 0.05) is 5.69 Å². The smallest absolute Gasteiger partial charge is 0.262 e. The van der Waals surface area contributed by atoms with E-state index in [2.05, 4.69) is 5.32 Å². The summed E-state index contributed by atoms with van der Waals surface area (Å²) >= 11 is 0. The third-order valence-corrected chi connectivity index (χ3v) is 6.04. The van der Waals surface area contributed by atoms with Crippen LogP contribution in [0.2, 0.25) is 0 Å². The van der Waals surface area contributed by atoms with Gasteiger partial charge >= 0.3 is 0 Å². The number of ether oxygens (including phenoxy) is 1. The number of rotatable bonds is 7. The molecule has 0 saturated carbocycles. The Morgan fingerprint density at radius 2 is 1.50 bits per heavy atom. The Morgan fingerprint density at radius 3 is 2.09 bits per heavy atom. The highest BCUT2D eigenvalue weighted by Crippen LogP contribution is 2.29. The van der Waals surface area contributed by atoms with E-state index in [4.69, 9.17) is 4.74 Å². The van der Waals surface area contributed by atoms with Crippen molar-refractivity contribution in [1.29, 1.82) is 0 Å². The van der Waals surface area contributed by atoms with E-state index in [-0.39, 0.29) is 5.92 Å². The molecule has 0 bridgehead atoms. The zero-order valence-corrected chi connectivity index (χ0v) is 19.8. The zero-order chi connectivity index (χ0) is 24.4. The summed E-state index contributed by atoms with van der Waals surface area (Å²) in [6.07, 6.45) is 0.366. The van der Waals surface area contributed by atoms with Gasteiger partial charge in [-0.25, -0.2) is 0 Å². The predicted molar refractivity (Wildman–Crippen MR) is 131 cm³/mol. The molecular weight excluding hydrogens is 428 g/mol. The molecule has 6 nitrogen and oxygen atoms in total. The Balaban J connectivity index is 1.51. The van der Waals surface area contributed by atoms with Crippen molar-refractivity contribution in [2.45, 2.75) is 40.2 Å². The van der Waals surface area contributed by atoms with Crippen LogP contribution in [0.15, 0.2) is 66.7 Å². The van der Waals surface area contributed by atoms with Crippen LogP contribution >= 0.6 is 0 Å². The first-order valence-electron chi connectivity index (χ1n) is 11.4. The maximum Gasteiger partial charge on any atom is 0.262 e. The van der Waals surface area contributed by atoms with Crippen molar-refractivity contribution < 1.29 is 19.1 Å². The lowest BCUT2D eigenvalue weighted by Gasteiger charge is -2.26. The summed E-state index contributed by atoms with van der Waals surface area (Å²) in [6, 6.07) is 18.7. The van der Waals surface area contributed by atoms with Crippen LogP contribution in [0.25, 0.3) is 0 Å². The van der Waals surface area contributed by atoms with Crippen LogP contribution in [0.3, 0.4) is 0 Å². The van der Waals surface area contributed by atoms with Crippen molar-refractivity contribution in [1.82, 2.24) is 4.90 Å². The third kappa shape index (κ3) is 4.57. The number of fused-ring (bicyclic) bond motifs is 1. The second kappa shape index (κ2) is 9.51. The van der Waals surface area contributed by atoms with Gasteiger partial charge in [0.1, 0.15) is 17.5 Å². The maximum absolute atomic E-state index is 13.2. The van der Waals surface area contributed by atoms with Gasteiger partial charge in [0.2, 0.25) is 5.91 Å². The molecule has 1 N–H and O–H groups in total. The molecule has 1 heterocycles. The fourth-order valence-corrected chi connectivity index (χ4v) is 4.06. The molecule has 0 unspecified atom stereocenters. The fraction of sp³-hybridized carbons (Fsp3) is 0.250. The summed E-state index contributed by atoms with van der Waals surface area (Å²) in [5.74, 6) is 0.266. The van der Waals surface area contributed by atoms with Crippen LogP contribution in [0.5, 0.6) is 11.5 Å². The molecule has 1 atom stereocenters. The molecule has 3 aromatic rings. The number of carbonyl (C=O) groups is 3. The number of hydrogen-bond acceptors (Lipinski definition) is 4. The molecule has 0 aromatic heterocycles. The summed E-state index contributed by atoms with van der Waals surface area (Å²) in [4.78, 5) is 40.3. The second-order valence-electron chi connectivity index (χ2n) is 8.98. The molecule has 0 spiro atoms. The van der Waals surface area contributed by atoms with Crippen molar-refractivity contribution in [2.75, 3.05) is 5.32 Å². The Labute approximate surface area is 199 Å². The normalized spacial score (nSPS) is 13.7. The Hall–Kier alpha value is -3.93. The van der Waals surface area contributed by atoms with E-state index in [0.717, 1.165) is 21.8 Å². The molecule has 6 heteroatoms. The molecule has 34 heavy (non-hydrogen) atoms. The van der Waals surface area contributed by atoms with Gasteiger partial charge in [0.05, 0.1) is 11.1 Å². The molecule has 3 aromatic carbocycles. The SMILES string of the molecule is Cc1cccc(Oc2ccc(NC(=O)[C@H](CC(C)C)N3C(=O)c4ccccc4C3=O)cc2)c1C. The molecule has 0 aliphatic carbocycles. The molecule has 1 aliphatic rings. The fourth-order valence-electron chi connectivity index (χ4n) is 4.06. The van der Waals surface area contributed by atoms with Gasteiger partial charge in [0.15, 0.2) is 0 Å². The van der Waals surface area contributed by atoms with E-state index < -0.39 is 23.8 Å². The average molecular weight is 457 g/mol. The predicted octanol–water partition coefficient (Wildman–Crippen LogP) is 5.75. The number of nitrogens with zero attached hydrogens (tertiary/aromatic N) is 1. The lowest BCUT2D eigenvalue weighted by atomic mass is 10.0. The van der Waals surface area contributed by atoms with Gasteiger partial charge in [-0.3, -0.25) is 19.3 Å². The maximum atomic E-state index is 13.2. The summed E-state index contributed by atoms with van der Waals surface area (Å²) in [5, 5.41) is 2.86. The molecular formula is C28H28N2O4. The van der Waals surface area contributed by atoms with Crippen LogP contribution in [0.4, 0.5) is 5.69 Å². The Morgan fingerprint density at radius 1 is 0.882 bits per heavy atom. The van der Waals surface area contributed by atoms with Gasteiger partial charge in [-0.15, -0.1) is 0 Å². The minimum atomic E-state index is -0.904. The molecule has 0 fully saturated rings. The summed E-state index contributed by atoms with van der Waals surface area (Å²) in [5.41, 5.74) is 3.44. The summed E-state index contributed by atoms with van der Waals surface area (Å²) < 4.78 is 5.99. The van der Waals surface area contributed by atoms with Crippen molar-refractivity contribution in [3.8, 4) is 11.5 Å². The van der Waals surface area contributed by atoms with Crippen LogP contribution in [0, 0.1) is 19.8 Å². The number of anilines is 1. The number of imide groups is 1. The highest BCUT2D eigenvalue weighted by molar-refractivity contribution is 6.23. The van der Waals surface area contributed by atoms with E-state index in [9.17, 15) is 14.4 Å². The van der Waals surface area contributed by atoms with Gasteiger partial charge in [-0.2, -0.15) is 0 Å². The molecule has 3 amide bonds. The van der Waals surface area contributed by atoms with E-state index >= 15 is 0 Å². The third-order valence-electron chi connectivity index (χ3n) is 6.04. The van der Waals surface area contributed by atoms with Crippen molar-refractivity contribution >= 4 is 23.4 Å². The highest BCUT2D eigenvalue weighted by Gasteiger charge is 2.42.